The van der Waals surface area contributed by atoms with Gasteiger partial charge in [0.05, 0.1) is 17.8 Å². The SMILES string of the molecule is CC(=O)N1C(CC(O)c2ccccc2)CC(C)N1c1ccccc1. The van der Waals surface area contributed by atoms with Crippen LogP contribution in [0.1, 0.15) is 38.4 Å². The molecule has 0 spiro atoms. The molecular weight excluding hydrogens is 300 g/mol. The summed E-state index contributed by atoms with van der Waals surface area (Å²) in [6.45, 7) is 3.72. The van der Waals surface area contributed by atoms with Gasteiger partial charge in [-0.1, -0.05) is 48.5 Å². The third-order valence-electron chi connectivity index (χ3n) is 4.63. The van der Waals surface area contributed by atoms with Crippen molar-refractivity contribution >= 4 is 11.6 Å². The molecule has 1 saturated heterocycles. The topological polar surface area (TPSA) is 43.8 Å². The van der Waals surface area contributed by atoms with Gasteiger partial charge < -0.3 is 5.11 Å². The summed E-state index contributed by atoms with van der Waals surface area (Å²) >= 11 is 0. The number of carbonyl (C=O) groups is 1. The normalized spacial score (nSPS) is 21.8. The summed E-state index contributed by atoms with van der Waals surface area (Å²) in [6.07, 6.45) is 0.816. The van der Waals surface area contributed by atoms with Crippen molar-refractivity contribution in [3.63, 3.8) is 0 Å². The van der Waals surface area contributed by atoms with Crippen LogP contribution in [-0.2, 0) is 4.79 Å². The molecule has 1 N–H and O–H groups in total. The first-order valence-corrected chi connectivity index (χ1v) is 8.45. The molecule has 0 bridgehead atoms. The van der Waals surface area contributed by atoms with E-state index in [0.717, 1.165) is 17.7 Å². The van der Waals surface area contributed by atoms with E-state index < -0.39 is 6.10 Å². The molecule has 1 aliphatic rings. The van der Waals surface area contributed by atoms with E-state index in [1.54, 1.807) is 6.92 Å². The van der Waals surface area contributed by atoms with E-state index >= 15 is 0 Å². The molecule has 3 rings (SSSR count). The van der Waals surface area contributed by atoms with Crippen LogP contribution in [0.25, 0.3) is 0 Å². The molecule has 0 aliphatic carbocycles. The average Bonchev–Trinajstić information content (AvgIpc) is 2.92. The highest BCUT2D eigenvalue weighted by molar-refractivity contribution is 5.76. The van der Waals surface area contributed by atoms with Crippen molar-refractivity contribution in [1.29, 1.82) is 0 Å². The molecule has 2 aromatic carbocycles. The van der Waals surface area contributed by atoms with Gasteiger partial charge in [-0.15, -0.1) is 0 Å². The number of aliphatic hydroxyl groups is 1. The molecule has 0 saturated carbocycles. The van der Waals surface area contributed by atoms with E-state index in [0.29, 0.717) is 6.42 Å². The molecule has 126 valence electrons. The number of rotatable bonds is 4. The number of hydrogen-bond donors (Lipinski definition) is 1. The molecule has 1 aliphatic heterocycles. The van der Waals surface area contributed by atoms with Crippen LogP contribution in [0.3, 0.4) is 0 Å². The second kappa shape index (κ2) is 7.05. The zero-order valence-electron chi connectivity index (χ0n) is 14.2. The molecule has 3 unspecified atom stereocenters. The van der Waals surface area contributed by atoms with Crippen LogP contribution in [0.15, 0.2) is 60.7 Å². The average molecular weight is 324 g/mol. The van der Waals surface area contributed by atoms with E-state index in [1.807, 2.05) is 65.7 Å². The Labute approximate surface area is 143 Å². The van der Waals surface area contributed by atoms with Crippen molar-refractivity contribution in [3.05, 3.63) is 66.2 Å². The third kappa shape index (κ3) is 3.29. The number of benzene rings is 2. The molecule has 2 aromatic rings. The Morgan fingerprint density at radius 1 is 1.12 bits per heavy atom. The zero-order chi connectivity index (χ0) is 17.1. The van der Waals surface area contributed by atoms with Gasteiger partial charge in [-0.2, -0.15) is 0 Å². The maximum absolute atomic E-state index is 12.3. The summed E-state index contributed by atoms with van der Waals surface area (Å²) in [5.74, 6) is 0.00784. The van der Waals surface area contributed by atoms with Crippen LogP contribution in [0.4, 0.5) is 5.69 Å². The Hall–Kier alpha value is -2.33. The van der Waals surface area contributed by atoms with Crippen molar-refractivity contribution in [2.75, 3.05) is 5.01 Å². The quantitative estimate of drug-likeness (QED) is 0.935. The van der Waals surface area contributed by atoms with Gasteiger partial charge in [0.1, 0.15) is 0 Å². The third-order valence-corrected chi connectivity index (χ3v) is 4.63. The highest BCUT2D eigenvalue weighted by Gasteiger charge is 2.39. The minimum Gasteiger partial charge on any atom is -0.388 e. The molecule has 1 amide bonds. The fourth-order valence-electron chi connectivity index (χ4n) is 3.62. The maximum Gasteiger partial charge on any atom is 0.238 e. The lowest BCUT2D eigenvalue weighted by Gasteiger charge is -2.35. The molecule has 3 atom stereocenters. The van der Waals surface area contributed by atoms with Crippen LogP contribution in [0, 0.1) is 0 Å². The first-order chi connectivity index (χ1) is 11.6. The van der Waals surface area contributed by atoms with Gasteiger partial charge in [0.2, 0.25) is 5.91 Å². The van der Waals surface area contributed by atoms with Crippen LogP contribution >= 0.6 is 0 Å². The lowest BCUT2D eigenvalue weighted by Crippen LogP contribution is -2.46. The summed E-state index contributed by atoms with van der Waals surface area (Å²) < 4.78 is 0. The fourth-order valence-corrected chi connectivity index (χ4v) is 3.62. The monoisotopic (exact) mass is 324 g/mol. The molecule has 4 nitrogen and oxygen atoms in total. The number of anilines is 1. The van der Waals surface area contributed by atoms with Crippen LogP contribution in [0.2, 0.25) is 0 Å². The molecule has 1 heterocycles. The molecule has 0 aromatic heterocycles. The largest absolute Gasteiger partial charge is 0.388 e. The highest BCUT2D eigenvalue weighted by atomic mass is 16.3. The zero-order valence-corrected chi connectivity index (χ0v) is 14.2. The lowest BCUT2D eigenvalue weighted by atomic mass is 9.99. The summed E-state index contributed by atoms with van der Waals surface area (Å²) in [5, 5.41) is 14.4. The second-order valence-electron chi connectivity index (χ2n) is 6.44. The van der Waals surface area contributed by atoms with Gasteiger partial charge in [0, 0.05) is 19.4 Å². The Kier molecular flexibility index (Phi) is 4.86. The summed E-state index contributed by atoms with van der Waals surface area (Å²) in [4.78, 5) is 12.3. The molecule has 1 fully saturated rings. The van der Waals surface area contributed by atoms with Crippen molar-refractivity contribution in [2.45, 2.75) is 44.9 Å². The Balaban J connectivity index is 1.82. The number of amides is 1. The number of hydrazine groups is 1. The summed E-state index contributed by atoms with van der Waals surface area (Å²) in [5.41, 5.74) is 1.91. The lowest BCUT2D eigenvalue weighted by molar-refractivity contribution is -0.130. The predicted octanol–water partition coefficient (Wildman–Crippen LogP) is 3.54. The minimum atomic E-state index is -0.569. The first-order valence-electron chi connectivity index (χ1n) is 8.45. The Morgan fingerprint density at radius 2 is 1.71 bits per heavy atom. The smallest absolute Gasteiger partial charge is 0.238 e. The van der Waals surface area contributed by atoms with Gasteiger partial charge in [-0.05, 0) is 31.0 Å². The van der Waals surface area contributed by atoms with Gasteiger partial charge >= 0.3 is 0 Å². The molecule has 4 heteroatoms. The van der Waals surface area contributed by atoms with Gasteiger partial charge in [-0.25, -0.2) is 0 Å². The van der Waals surface area contributed by atoms with E-state index in [2.05, 4.69) is 11.9 Å². The first kappa shape index (κ1) is 16.5. The maximum atomic E-state index is 12.3. The van der Waals surface area contributed by atoms with Crippen LogP contribution in [0.5, 0.6) is 0 Å². The van der Waals surface area contributed by atoms with Crippen molar-refractivity contribution in [1.82, 2.24) is 5.01 Å². The number of carbonyl (C=O) groups excluding carboxylic acids is 1. The Bertz CT molecular complexity index is 675. The van der Waals surface area contributed by atoms with Crippen LogP contribution in [-0.4, -0.2) is 28.1 Å². The second-order valence-corrected chi connectivity index (χ2v) is 6.44. The van der Waals surface area contributed by atoms with Gasteiger partial charge in [0.15, 0.2) is 0 Å². The van der Waals surface area contributed by atoms with Gasteiger partial charge in [0.25, 0.3) is 0 Å². The van der Waals surface area contributed by atoms with E-state index in [1.165, 1.54) is 0 Å². The minimum absolute atomic E-state index is 0.00656. The van der Waals surface area contributed by atoms with Crippen LogP contribution < -0.4 is 5.01 Å². The molecular formula is C20H24N2O2. The van der Waals surface area contributed by atoms with Crippen molar-refractivity contribution < 1.29 is 9.90 Å². The fraction of sp³-hybridized carbons (Fsp3) is 0.350. The number of nitrogens with zero attached hydrogens (tertiary/aromatic N) is 2. The van der Waals surface area contributed by atoms with E-state index in [-0.39, 0.29) is 18.0 Å². The van der Waals surface area contributed by atoms with Gasteiger partial charge in [-0.3, -0.25) is 14.8 Å². The molecule has 0 radical (unpaired) electrons. The molecule has 24 heavy (non-hydrogen) atoms. The van der Waals surface area contributed by atoms with E-state index in [4.69, 9.17) is 0 Å². The van der Waals surface area contributed by atoms with Crippen molar-refractivity contribution in [3.8, 4) is 0 Å². The van der Waals surface area contributed by atoms with E-state index in [9.17, 15) is 9.90 Å². The highest BCUT2D eigenvalue weighted by Crippen LogP contribution is 2.34. The number of hydrogen-bond acceptors (Lipinski definition) is 3. The number of aliphatic hydroxyl groups excluding tert-OH is 1. The van der Waals surface area contributed by atoms with Crippen molar-refractivity contribution in [2.24, 2.45) is 0 Å². The summed E-state index contributed by atoms with van der Waals surface area (Å²) in [6, 6.07) is 19.8. The predicted molar refractivity (Wildman–Crippen MR) is 95.3 cm³/mol. The number of para-hydroxylation sites is 1. The summed E-state index contributed by atoms with van der Waals surface area (Å²) in [7, 11) is 0. The Morgan fingerprint density at radius 3 is 2.29 bits per heavy atom. The standard InChI is InChI=1S/C20H24N2O2/c1-15-13-19(14-20(24)17-9-5-3-6-10-17)22(16(2)23)21(15)18-11-7-4-8-12-18/h3-12,15,19-20,24H,13-14H2,1-2H3.